The third-order valence-electron chi connectivity index (χ3n) is 5.16. The second-order valence-electron chi connectivity index (χ2n) is 8.31. The van der Waals surface area contributed by atoms with Crippen molar-refractivity contribution in [3.8, 4) is 5.75 Å². The third-order valence-corrected chi connectivity index (χ3v) is 5.16. The Morgan fingerprint density at radius 1 is 1.13 bits per heavy atom. The minimum Gasteiger partial charge on any atom is -0.491 e. The van der Waals surface area contributed by atoms with Crippen LogP contribution in [0, 0.1) is 5.92 Å². The van der Waals surface area contributed by atoms with E-state index in [0.717, 1.165) is 50.1 Å². The fraction of sp³-hybridized carbons (Fsp3) is 0.696. The number of rotatable bonds is 10. The molecule has 0 aromatic heterocycles. The normalized spacial score (nSPS) is 17.2. The molecule has 0 spiro atoms. The van der Waals surface area contributed by atoms with E-state index in [1.165, 1.54) is 0 Å². The maximum atomic E-state index is 10.6. The maximum Gasteiger partial charge on any atom is 0.191 e. The van der Waals surface area contributed by atoms with Crippen molar-refractivity contribution in [2.24, 2.45) is 10.9 Å². The monoisotopic (exact) mass is 548 g/mol. The summed E-state index contributed by atoms with van der Waals surface area (Å²) in [4.78, 5) is 7.27. The van der Waals surface area contributed by atoms with Gasteiger partial charge in [-0.05, 0) is 44.4 Å². The van der Waals surface area contributed by atoms with Gasteiger partial charge in [0.1, 0.15) is 5.75 Å². The molecule has 1 saturated heterocycles. The zero-order valence-electron chi connectivity index (χ0n) is 19.6. The molecule has 0 aliphatic carbocycles. The van der Waals surface area contributed by atoms with Gasteiger partial charge in [0.05, 0.1) is 32.0 Å². The molecule has 178 valence electrons. The Labute approximate surface area is 205 Å². The summed E-state index contributed by atoms with van der Waals surface area (Å²) in [5.41, 5.74) is 0.850. The standard InChI is InChI=1S/C23H40N4O3.HI/c1-6-24-23(25-15-21(17(2)3)27-11-13-29-14-12-27)26-16-22(28)19-7-9-20(10-8-19)30-18(4)5;/h7-10,17-18,21-22,28H,6,11-16H2,1-5H3,(H2,24,25,26);1H. The first kappa shape index (κ1) is 27.9. The second kappa shape index (κ2) is 14.9. The maximum absolute atomic E-state index is 10.6. The molecule has 31 heavy (non-hydrogen) atoms. The summed E-state index contributed by atoms with van der Waals surface area (Å²) >= 11 is 0. The number of morpholine rings is 1. The van der Waals surface area contributed by atoms with Crippen molar-refractivity contribution in [1.29, 1.82) is 0 Å². The van der Waals surface area contributed by atoms with E-state index in [9.17, 15) is 5.11 Å². The number of guanidine groups is 1. The molecule has 1 aromatic rings. The van der Waals surface area contributed by atoms with E-state index in [1.54, 1.807) is 0 Å². The number of nitrogens with zero attached hydrogens (tertiary/aromatic N) is 2. The second-order valence-corrected chi connectivity index (χ2v) is 8.31. The molecule has 2 atom stereocenters. The van der Waals surface area contributed by atoms with Gasteiger partial charge in [0.25, 0.3) is 0 Å². The summed E-state index contributed by atoms with van der Waals surface area (Å²) < 4.78 is 11.2. The van der Waals surface area contributed by atoms with Crippen molar-refractivity contribution in [2.75, 3.05) is 45.9 Å². The number of halogens is 1. The van der Waals surface area contributed by atoms with Crippen LogP contribution in [-0.4, -0.2) is 74.0 Å². The average Bonchev–Trinajstić information content (AvgIpc) is 2.72. The first-order chi connectivity index (χ1) is 14.4. The number of benzene rings is 1. The molecule has 0 bridgehead atoms. The molecule has 0 radical (unpaired) electrons. The number of hydrogen-bond donors (Lipinski definition) is 3. The van der Waals surface area contributed by atoms with Crippen molar-refractivity contribution in [2.45, 2.75) is 52.9 Å². The van der Waals surface area contributed by atoms with Gasteiger partial charge >= 0.3 is 0 Å². The predicted octanol–water partition coefficient (Wildman–Crippen LogP) is 3.04. The highest BCUT2D eigenvalue weighted by molar-refractivity contribution is 14.0. The molecule has 1 heterocycles. The summed E-state index contributed by atoms with van der Waals surface area (Å²) in [6, 6.07) is 7.98. The summed E-state index contributed by atoms with van der Waals surface area (Å²) in [5.74, 6) is 2.05. The lowest BCUT2D eigenvalue weighted by Crippen LogP contribution is -2.48. The fourth-order valence-corrected chi connectivity index (χ4v) is 3.54. The molecule has 7 nitrogen and oxygen atoms in total. The number of nitrogens with one attached hydrogen (secondary N) is 2. The molecule has 2 rings (SSSR count). The number of aliphatic hydroxyl groups is 1. The molecule has 0 amide bonds. The SMILES string of the molecule is CCNC(=NCC(C(C)C)N1CCOCC1)NCC(O)c1ccc(OC(C)C)cc1.I. The highest BCUT2D eigenvalue weighted by Gasteiger charge is 2.23. The Hall–Kier alpha value is -1.10. The number of hydrogen-bond acceptors (Lipinski definition) is 5. The molecule has 3 N–H and O–H groups in total. The van der Waals surface area contributed by atoms with E-state index in [0.29, 0.717) is 25.0 Å². The van der Waals surface area contributed by atoms with Crippen molar-refractivity contribution < 1.29 is 14.6 Å². The van der Waals surface area contributed by atoms with E-state index >= 15 is 0 Å². The van der Waals surface area contributed by atoms with Gasteiger partial charge in [0.2, 0.25) is 0 Å². The van der Waals surface area contributed by atoms with Crippen molar-refractivity contribution in [3.05, 3.63) is 29.8 Å². The zero-order valence-corrected chi connectivity index (χ0v) is 22.0. The van der Waals surface area contributed by atoms with Gasteiger partial charge in [-0.3, -0.25) is 9.89 Å². The Bertz CT molecular complexity index is 634. The predicted molar refractivity (Wildman–Crippen MR) is 138 cm³/mol. The van der Waals surface area contributed by atoms with Crippen LogP contribution in [0.2, 0.25) is 0 Å². The van der Waals surface area contributed by atoms with Crippen molar-refractivity contribution in [3.63, 3.8) is 0 Å². The average molecular weight is 549 g/mol. The lowest BCUT2D eigenvalue weighted by molar-refractivity contribution is 0.00867. The van der Waals surface area contributed by atoms with E-state index in [4.69, 9.17) is 14.5 Å². The Morgan fingerprint density at radius 2 is 1.77 bits per heavy atom. The molecule has 1 aliphatic heterocycles. The summed E-state index contributed by atoms with van der Waals surface area (Å²) in [5, 5.41) is 17.1. The van der Waals surface area contributed by atoms with Crippen LogP contribution in [0.1, 0.15) is 46.3 Å². The molecular formula is C23H41IN4O3. The highest BCUT2D eigenvalue weighted by Crippen LogP contribution is 2.18. The first-order valence-electron chi connectivity index (χ1n) is 11.2. The van der Waals surface area contributed by atoms with E-state index in [1.807, 2.05) is 45.0 Å². The fourth-order valence-electron chi connectivity index (χ4n) is 3.54. The molecule has 1 fully saturated rings. The molecule has 1 aliphatic rings. The third kappa shape index (κ3) is 9.93. The Kier molecular flexibility index (Phi) is 13.4. The van der Waals surface area contributed by atoms with Crippen LogP contribution >= 0.6 is 24.0 Å². The molecule has 0 saturated carbocycles. The van der Waals surface area contributed by atoms with Gasteiger partial charge in [-0.15, -0.1) is 24.0 Å². The van der Waals surface area contributed by atoms with Crippen LogP contribution in [0.4, 0.5) is 0 Å². The van der Waals surface area contributed by atoms with E-state index in [2.05, 4.69) is 29.4 Å². The Morgan fingerprint density at radius 3 is 2.32 bits per heavy atom. The Balaban J connectivity index is 0.00000480. The molecular weight excluding hydrogens is 507 g/mol. The van der Waals surface area contributed by atoms with Crippen LogP contribution < -0.4 is 15.4 Å². The highest BCUT2D eigenvalue weighted by atomic mass is 127. The van der Waals surface area contributed by atoms with Crippen LogP contribution in [0.3, 0.4) is 0 Å². The first-order valence-corrected chi connectivity index (χ1v) is 11.2. The minimum atomic E-state index is -0.623. The summed E-state index contributed by atoms with van der Waals surface area (Å²) in [7, 11) is 0. The van der Waals surface area contributed by atoms with Crippen LogP contribution in [0.25, 0.3) is 0 Å². The van der Waals surface area contributed by atoms with Gasteiger partial charge in [-0.1, -0.05) is 26.0 Å². The molecule has 8 heteroatoms. The molecule has 1 aromatic carbocycles. The zero-order chi connectivity index (χ0) is 21.9. The number of aliphatic imine (C=N–C) groups is 1. The molecule has 2 unspecified atom stereocenters. The summed E-state index contributed by atoms with van der Waals surface area (Å²) in [6.45, 7) is 15.9. The van der Waals surface area contributed by atoms with Gasteiger partial charge in [-0.2, -0.15) is 0 Å². The lowest BCUT2D eigenvalue weighted by atomic mass is 10.0. The minimum absolute atomic E-state index is 0. The van der Waals surface area contributed by atoms with Gasteiger partial charge < -0.3 is 25.2 Å². The van der Waals surface area contributed by atoms with Crippen LogP contribution in [-0.2, 0) is 4.74 Å². The van der Waals surface area contributed by atoms with E-state index in [-0.39, 0.29) is 30.1 Å². The van der Waals surface area contributed by atoms with Gasteiger partial charge in [0.15, 0.2) is 5.96 Å². The van der Waals surface area contributed by atoms with Crippen molar-refractivity contribution in [1.82, 2.24) is 15.5 Å². The topological polar surface area (TPSA) is 78.4 Å². The lowest BCUT2D eigenvalue weighted by Gasteiger charge is -2.36. The van der Waals surface area contributed by atoms with Gasteiger partial charge in [0, 0.05) is 32.2 Å². The van der Waals surface area contributed by atoms with Gasteiger partial charge in [-0.25, -0.2) is 0 Å². The number of aliphatic hydroxyl groups excluding tert-OH is 1. The van der Waals surface area contributed by atoms with Crippen molar-refractivity contribution >= 4 is 29.9 Å². The van der Waals surface area contributed by atoms with E-state index < -0.39 is 6.10 Å². The summed E-state index contributed by atoms with van der Waals surface area (Å²) in [6.07, 6.45) is -0.490. The largest absolute Gasteiger partial charge is 0.491 e. The number of ether oxygens (including phenoxy) is 2. The van der Waals surface area contributed by atoms with Crippen LogP contribution in [0.15, 0.2) is 29.3 Å². The van der Waals surface area contributed by atoms with Crippen LogP contribution in [0.5, 0.6) is 5.75 Å². The quantitative estimate of drug-likeness (QED) is 0.237. The smallest absolute Gasteiger partial charge is 0.191 e.